The highest BCUT2D eigenvalue weighted by atomic mass is 79.9. The third-order valence-corrected chi connectivity index (χ3v) is 6.00. The lowest BCUT2D eigenvalue weighted by molar-refractivity contribution is -0.121. The van der Waals surface area contributed by atoms with E-state index >= 15 is 0 Å². The fourth-order valence-electron chi connectivity index (χ4n) is 0.696. The summed E-state index contributed by atoms with van der Waals surface area (Å²) in [5, 5.41) is 2.77. The fraction of sp³-hybridized carbons (Fsp3) is 0.875. The predicted octanol–water partition coefficient (Wildman–Crippen LogP) is 1.08. The van der Waals surface area contributed by atoms with E-state index in [2.05, 4.69) is 37.2 Å². The molecule has 0 fully saturated rings. The minimum absolute atomic E-state index is 0.473. The molecule has 0 spiro atoms. The fourth-order valence-corrected chi connectivity index (χ4v) is 2.35. The zero-order valence-corrected chi connectivity index (χ0v) is 12.9. The molecule has 0 bridgehead atoms. The lowest BCUT2D eigenvalue weighted by Gasteiger charge is -2.27. The molecule has 1 atom stereocenters. The maximum absolute atomic E-state index is 11.6. The van der Waals surface area contributed by atoms with Gasteiger partial charge in [-0.05, 0) is 13.8 Å². The first-order chi connectivity index (χ1) is 6.66. The SMILES string of the molecule is CC(C(=O)NC(C)(CBr)CBr)S(C)(=O)=O. The maximum atomic E-state index is 11.6. The number of hydrogen-bond donors (Lipinski definition) is 1. The number of rotatable bonds is 5. The molecule has 0 radical (unpaired) electrons. The van der Waals surface area contributed by atoms with Gasteiger partial charge in [-0.1, -0.05) is 31.9 Å². The largest absolute Gasteiger partial charge is 0.348 e. The first-order valence-electron chi connectivity index (χ1n) is 4.29. The lowest BCUT2D eigenvalue weighted by Crippen LogP contribution is -2.53. The molecular formula is C8H15Br2NO3S. The van der Waals surface area contributed by atoms with Crippen molar-refractivity contribution in [3.05, 3.63) is 0 Å². The van der Waals surface area contributed by atoms with Crippen molar-refractivity contribution < 1.29 is 13.2 Å². The Hall–Kier alpha value is 0.380. The molecular weight excluding hydrogens is 350 g/mol. The molecule has 0 aliphatic rings. The molecule has 4 nitrogen and oxygen atoms in total. The number of carbonyl (C=O) groups excluding carboxylic acids is 1. The highest BCUT2D eigenvalue weighted by Gasteiger charge is 2.30. The number of sulfone groups is 1. The van der Waals surface area contributed by atoms with Gasteiger partial charge < -0.3 is 5.32 Å². The summed E-state index contributed by atoms with van der Waals surface area (Å²) in [4.78, 5) is 11.6. The summed E-state index contributed by atoms with van der Waals surface area (Å²) in [5.41, 5.74) is -0.476. The Kier molecular flexibility index (Phi) is 5.77. The lowest BCUT2D eigenvalue weighted by atomic mass is 10.1. The molecule has 0 aromatic rings. The van der Waals surface area contributed by atoms with Gasteiger partial charge in [0.15, 0.2) is 9.84 Å². The molecule has 1 unspecified atom stereocenters. The standard InChI is InChI=1S/C8H15Br2NO3S/c1-6(15(3,13)14)7(12)11-8(2,4-9)5-10/h6H,4-5H2,1-3H3,(H,11,12). The number of nitrogens with one attached hydrogen (secondary N) is 1. The first-order valence-corrected chi connectivity index (χ1v) is 8.49. The Balaban J connectivity index is 4.64. The van der Waals surface area contributed by atoms with Crippen molar-refractivity contribution >= 4 is 47.6 Å². The summed E-state index contributed by atoms with van der Waals surface area (Å²) in [5.74, 6) is -0.473. The second kappa shape index (κ2) is 5.63. The highest BCUT2D eigenvalue weighted by Crippen LogP contribution is 2.12. The number of carbonyl (C=O) groups is 1. The van der Waals surface area contributed by atoms with Gasteiger partial charge in [-0.25, -0.2) is 8.42 Å². The van der Waals surface area contributed by atoms with Gasteiger partial charge in [0.25, 0.3) is 0 Å². The van der Waals surface area contributed by atoms with Gasteiger partial charge >= 0.3 is 0 Å². The highest BCUT2D eigenvalue weighted by molar-refractivity contribution is 9.09. The van der Waals surface area contributed by atoms with Crippen molar-refractivity contribution in [2.45, 2.75) is 24.6 Å². The second-order valence-electron chi connectivity index (χ2n) is 3.79. The molecule has 90 valence electrons. The molecule has 0 heterocycles. The number of alkyl halides is 2. The average molecular weight is 365 g/mol. The normalized spacial score (nSPS) is 14.7. The maximum Gasteiger partial charge on any atom is 0.238 e. The van der Waals surface area contributed by atoms with Gasteiger partial charge in [-0.15, -0.1) is 0 Å². The molecule has 0 rings (SSSR count). The number of halogens is 2. The topological polar surface area (TPSA) is 63.2 Å². The molecule has 0 aliphatic carbocycles. The molecule has 0 saturated heterocycles. The summed E-state index contributed by atoms with van der Waals surface area (Å²) in [6.07, 6.45) is 1.05. The molecule has 0 aromatic carbocycles. The van der Waals surface area contributed by atoms with Crippen molar-refractivity contribution in [1.82, 2.24) is 5.32 Å². The Morgan fingerprint density at radius 1 is 1.40 bits per heavy atom. The molecule has 1 N–H and O–H groups in total. The Bertz CT molecular complexity index is 325. The predicted molar refractivity (Wildman–Crippen MR) is 68.4 cm³/mol. The third kappa shape index (κ3) is 4.82. The van der Waals surface area contributed by atoms with E-state index in [0.717, 1.165) is 6.26 Å². The second-order valence-corrected chi connectivity index (χ2v) is 7.28. The van der Waals surface area contributed by atoms with Crippen LogP contribution in [0.3, 0.4) is 0 Å². The van der Waals surface area contributed by atoms with Crippen LogP contribution in [0.4, 0.5) is 0 Å². The number of amides is 1. The van der Waals surface area contributed by atoms with Crippen molar-refractivity contribution in [2.24, 2.45) is 0 Å². The van der Waals surface area contributed by atoms with E-state index in [1.165, 1.54) is 6.92 Å². The molecule has 15 heavy (non-hydrogen) atoms. The third-order valence-electron chi connectivity index (χ3n) is 2.03. The monoisotopic (exact) mass is 363 g/mol. The smallest absolute Gasteiger partial charge is 0.238 e. The zero-order valence-electron chi connectivity index (χ0n) is 8.88. The van der Waals surface area contributed by atoms with Gasteiger partial charge in [0, 0.05) is 16.9 Å². The van der Waals surface area contributed by atoms with Gasteiger partial charge in [0.1, 0.15) is 5.25 Å². The van der Waals surface area contributed by atoms with E-state index in [0.29, 0.717) is 10.7 Å². The Morgan fingerprint density at radius 3 is 2.07 bits per heavy atom. The van der Waals surface area contributed by atoms with E-state index in [4.69, 9.17) is 0 Å². The molecule has 7 heteroatoms. The van der Waals surface area contributed by atoms with Crippen LogP contribution >= 0.6 is 31.9 Å². The summed E-state index contributed by atoms with van der Waals surface area (Å²) < 4.78 is 22.3. The van der Waals surface area contributed by atoms with Crippen LogP contribution < -0.4 is 5.32 Å². The van der Waals surface area contributed by atoms with Crippen molar-refractivity contribution in [3.8, 4) is 0 Å². The van der Waals surface area contributed by atoms with E-state index < -0.39 is 26.5 Å². The Morgan fingerprint density at radius 2 is 1.80 bits per heavy atom. The minimum Gasteiger partial charge on any atom is -0.348 e. The number of hydrogen-bond acceptors (Lipinski definition) is 3. The molecule has 1 amide bonds. The van der Waals surface area contributed by atoms with E-state index in [1.54, 1.807) is 0 Å². The molecule has 0 aromatic heterocycles. The van der Waals surface area contributed by atoms with Crippen molar-refractivity contribution in [2.75, 3.05) is 16.9 Å². The van der Waals surface area contributed by atoms with Gasteiger partial charge in [-0.2, -0.15) is 0 Å². The van der Waals surface area contributed by atoms with Gasteiger partial charge in [0.05, 0.1) is 5.54 Å². The van der Waals surface area contributed by atoms with Crippen LogP contribution in [-0.4, -0.2) is 42.0 Å². The van der Waals surface area contributed by atoms with Gasteiger partial charge in [0.2, 0.25) is 5.91 Å². The summed E-state index contributed by atoms with van der Waals surface area (Å²) in [6, 6.07) is 0. The summed E-state index contributed by atoms with van der Waals surface area (Å²) in [6.45, 7) is 3.21. The van der Waals surface area contributed by atoms with Crippen molar-refractivity contribution in [3.63, 3.8) is 0 Å². The zero-order chi connectivity index (χ0) is 12.3. The summed E-state index contributed by atoms with van der Waals surface area (Å²) in [7, 11) is -3.33. The average Bonchev–Trinajstić information content (AvgIpc) is 2.15. The molecule has 0 saturated carbocycles. The summed E-state index contributed by atoms with van der Waals surface area (Å²) >= 11 is 6.53. The van der Waals surface area contributed by atoms with Crippen LogP contribution in [-0.2, 0) is 14.6 Å². The first kappa shape index (κ1) is 15.4. The van der Waals surface area contributed by atoms with Crippen LogP contribution in [0.15, 0.2) is 0 Å². The minimum atomic E-state index is -3.33. The Labute approximate surface area is 107 Å². The van der Waals surface area contributed by atoms with E-state index in [1.807, 2.05) is 6.92 Å². The van der Waals surface area contributed by atoms with Crippen LogP contribution in [0, 0.1) is 0 Å². The van der Waals surface area contributed by atoms with Crippen LogP contribution in [0.25, 0.3) is 0 Å². The van der Waals surface area contributed by atoms with Crippen LogP contribution in [0.5, 0.6) is 0 Å². The van der Waals surface area contributed by atoms with Crippen molar-refractivity contribution in [1.29, 1.82) is 0 Å². The van der Waals surface area contributed by atoms with Gasteiger partial charge in [-0.3, -0.25) is 4.79 Å². The molecule has 0 aliphatic heterocycles. The van der Waals surface area contributed by atoms with E-state index in [-0.39, 0.29) is 0 Å². The van der Waals surface area contributed by atoms with Crippen LogP contribution in [0.1, 0.15) is 13.8 Å². The van der Waals surface area contributed by atoms with E-state index in [9.17, 15) is 13.2 Å². The van der Waals surface area contributed by atoms with Crippen LogP contribution in [0.2, 0.25) is 0 Å². The quantitative estimate of drug-likeness (QED) is 0.742.